The molecule has 0 aliphatic carbocycles. The van der Waals surface area contributed by atoms with Crippen LogP contribution in [0.3, 0.4) is 0 Å². The van der Waals surface area contributed by atoms with E-state index in [0.717, 1.165) is 18.4 Å². The fraction of sp³-hybridized carbons (Fsp3) is 0.686. The highest BCUT2D eigenvalue weighted by Crippen LogP contribution is 2.39. The van der Waals surface area contributed by atoms with Crippen molar-refractivity contribution in [1.82, 2.24) is 0 Å². The summed E-state index contributed by atoms with van der Waals surface area (Å²) in [7, 11) is -4.52. The fourth-order valence-electron chi connectivity index (χ4n) is 4.95. The van der Waals surface area contributed by atoms with Gasteiger partial charge in [-0.15, -0.1) is 0 Å². The SMILES string of the molecule is CCCCCCCCCCCCCCCCCCO[C@@](C)(COP(=O)([O-])OCC[n+]1ccccc1)OCc1ccccc1. The molecule has 2 rings (SSSR count). The molecule has 43 heavy (non-hydrogen) atoms. The van der Waals surface area contributed by atoms with Crippen LogP contribution in [0.2, 0.25) is 0 Å². The lowest BCUT2D eigenvalue weighted by Gasteiger charge is -2.32. The molecule has 0 radical (unpaired) electrons. The molecule has 1 aromatic carbocycles. The van der Waals surface area contributed by atoms with Crippen molar-refractivity contribution in [2.75, 3.05) is 19.8 Å². The maximum Gasteiger partial charge on any atom is 0.268 e. The molecule has 0 saturated heterocycles. The van der Waals surface area contributed by atoms with Crippen molar-refractivity contribution in [3.8, 4) is 0 Å². The fourth-order valence-corrected chi connectivity index (χ4v) is 5.72. The van der Waals surface area contributed by atoms with E-state index in [9.17, 15) is 9.46 Å². The smallest absolute Gasteiger partial charge is 0.268 e. The Morgan fingerprint density at radius 1 is 0.674 bits per heavy atom. The van der Waals surface area contributed by atoms with Crippen LogP contribution < -0.4 is 9.46 Å². The van der Waals surface area contributed by atoms with E-state index in [0.29, 0.717) is 13.2 Å². The molecule has 0 saturated carbocycles. The van der Waals surface area contributed by atoms with Gasteiger partial charge in [-0.1, -0.05) is 140 Å². The van der Waals surface area contributed by atoms with Crippen LogP contribution in [0.4, 0.5) is 0 Å². The van der Waals surface area contributed by atoms with E-state index >= 15 is 0 Å². The number of ether oxygens (including phenoxy) is 2. The van der Waals surface area contributed by atoms with Gasteiger partial charge in [0.1, 0.15) is 13.2 Å². The van der Waals surface area contributed by atoms with Crippen molar-refractivity contribution in [2.24, 2.45) is 0 Å². The van der Waals surface area contributed by atoms with E-state index in [1.165, 1.54) is 89.9 Å². The molecule has 2 aromatic rings. The number of nitrogens with zero attached hydrogens (tertiary/aromatic N) is 1. The van der Waals surface area contributed by atoms with Gasteiger partial charge in [-0.2, -0.15) is 0 Å². The third-order valence-electron chi connectivity index (χ3n) is 7.65. The van der Waals surface area contributed by atoms with Crippen LogP contribution in [0, 0.1) is 0 Å². The molecule has 0 N–H and O–H groups in total. The second kappa shape index (κ2) is 23.7. The van der Waals surface area contributed by atoms with E-state index in [4.69, 9.17) is 18.5 Å². The lowest BCUT2D eigenvalue weighted by molar-refractivity contribution is -0.697. The molecule has 0 fully saturated rings. The highest BCUT2D eigenvalue weighted by atomic mass is 31.2. The predicted octanol–water partition coefficient (Wildman–Crippen LogP) is 8.69. The van der Waals surface area contributed by atoms with Gasteiger partial charge in [-0.25, -0.2) is 4.57 Å². The molecule has 8 heteroatoms. The normalized spacial score (nSPS) is 14.4. The highest BCUT2D eigenvalue weighted by Gasteiger charge is 2.29. The van der Waals surface area contributed by atoms with Gasteiger partial charge in [0, 0.05) is 12.1 Å². The summed E-state index contributed by atoms with van der Waals surface area (Å²) in [5.41, 5.74) is 0.973. The molecule has 1 unspecified atom stereocenters. The third kappa shape index (κ3) is 20.1. The Morgan fingerprint density at radius 2 is 1.19 bits per heavy atom. The summed E-state index contributed by atoms with van der Waals surface area (Å²) in [5.74, 6) is -1.22. The van der Waals surface area contributed by atoms with Crippen LogP contribution >= 0.6 is 7.82 Å². The quantitative estimate of drug-likeness (QED) is 0.0410. The van der Waals surface area contributed by atoms with Crippen molar-refractivity contribution in [2.45, 2.75) is 136 Å². The summed E-state index contributed by atoms with van der Waals surface area (Å²) < 4.78 is 36.7. The lowest BCUT2D eigenvalue weighted by Crippen LogP contribution is -2.38. The second-order valence-electron chi connectivity index (χ2n) is 11.7. The van der Waals surface area contributed by atoms with E-state index in [-0.39, 0.29) is 19.8 Å². The van der Waals surface area contributed by atoms with E-state index in [1.54, 1.807) is 6.92 Å². The Hall–Kier alpha value is -1.60. The number of unbranched alkanes of at least 4 members (excludes halogenated alkanes) is 15. The Balaban J connectivity index is 1.60. The Morgan fingerprint density at radius 3 is 1.74 bits per heavy atom. The maximum atomic E-state index is 12.4. The van der Waals surface area contributed by atoms with Gasteiger partial charge < -0.3 is 23.4 Å². The van der Waals surface area contributed by atoms with Gasteiger partial charge in [0.05, 0.1) is 13.2 Å². The van der Waals surface area contributed by atoms with Crippen LogP contribution in [-0.2, 0) is 36.2 Å². The number of benzene rings is 1. The standard InChI is InChI=1S/C35H58NO6P/c1-3-4-5-6-7-8-9-10-11-12-13-14-15-16-17-24-30-39-35(2,40-32-34-25-20-18-21-26-34)33-42-43(37,38)41-31-29-36-27-22-19-23-28-36/h18-23,25-28H,3-17,24,29-33H2,1-2H3/t35-/m1/s1. The van der Waals surface area contributed by atoms with Crippen LogP contribution in [0.25, 0.3) is 0 Å². The van der Waals surface area contributed by atoms with Crippen molar-refractivity contribution in [3.63, 3.8) is 0 Å². The first-order valence-electron chi connectivity index (χ1n) is 16.8. The largest absolute Gasteiger partial charge is 0.756 e. The van der Waals surface area contributed by atoms with Crippen LogP contribution in [0.15, 0.2) is 60.9 Å². The second-order valence-corrected chi connectivity index (χ2v) is 13.1. The first kappa shape index (κ1) is 37.6. The van der Waals surface area contributed by atoms with Gasteiger partial charge in [0.25, 0.3) is 7.82 Å². The molecule has 0 aliphatic rings. The zero-order valence-electron chi connectivity index (χ0n) is 27.0. The van der Waals surface area contributed by atoms with Crippen molar-refractivity contribution in [3.05, 3.63) is 66.5 Å². The topological polar surface area (TPSA) is 80.9 Å². The molecule has 2 atom stereocenters. The molecule has 1 aromatic heterocycles. The summed E-state index contributed by atoms with van der Waals surface area (Å²) in [6.45, 7) is 4.86. The Kier molecular flexibility index (Phi) is 20.7. The van der Waals surface area contributed by atoms with Crippen LogP contribution in [-0.4, -0.2) is 25.6 Å². The number of hydrogen-bond acceptors (Lipinski definition) is 6. The number of aromatic nitrogens is 1. The molecule has 244 valence electrons. The molecule has 0 aliphatic heterocycles. The maximum absolute atomic E-state index is 12.4. The number of phosphoric ester groups is 1. The highest BCUT2D eigenvalue weighted by molar-refractivity contribution is 7.45. The van der Waals surface area contributed by atoms with Crippen molar-refractivity contribution < 1.29 is 32.5 Å². The molecule has 1 heterocycles. The van der Waals surface area contributed by atoms with Gasteiger partial charge in [-0.05, 0) is 18.9 Å². The monoisotopic (exact) mass is 619 g/mol. The number of hydrogen-bond donors (Lipinski definition) is 0. The molecular weight excluding hydrogens is 561 g/mol. The van der Waals surface area contributed by atoms with E-state index in [2.05, 4.69) is 6.92 Å². The molecule has 7 nitrogen and oxygen atoms in total. The minimum absolute atomic E-state index is 0.0168. The third-order valence-corrected chi connectivity index (χ3v) is 8.60. The first-order valence-corrected chi connectivity index (χ1v) is 18.2. The zero-order valence-corrected chi connectivity index (χ0v) is 27.9. The summed E-state index contributed by atoms with van der Waals surface area (Å²) in [6.07, 6.45) is 24.6. The van der Waals surface area contributed by atoms with Crippen molar-refractivity contribution in [1.29, 1.82) is 0 Å². The molecular formula is C35H58NO6P. The van der Waals surface area contributed by atoms with Gasteiger partial charge in [-0.3, -0.25) is 4.57 Å². The zero-order chi connectivity index (χ0) is 30.9. The summed E-state index contributed by atoms with van der Waals surface area (Å²) in [6, 6.07) is 15.4. The van der Waals surface area contributed by atoms with Crippen LogP contribution in [0.5, 0.6) is 0 Å². The number of pyridine rings is 1. The minimum Gasteiger partial charge on any atom is -0.756 e. The van der Waals surface area contributed by atoms with Crippen molar-refractivity contribution >= 4 is 7.82 Å². The lowest BCUT2D eigenvalue weighted by atomic mass is 10.0. The van der Waals surface area contributed by atoms with E-state index in [1.807, 2.05) is 65.5 Å². The summed E-state index contributed by atoms with van der Waals surface area (Å²) in [5, 5.41) is 0. The summed E-state index contributed by atoms with van der Waals surface area (Å²) in [4.78, 5) is 12.4. The predicted molar refractivity (Wildman–Crippen MR) is 171 cm³/mol. The average molecular weight is 620 g/mol. The van der Waals surface area contributed by atoms with Gasteiger partial charge in [0.15, 0.2) is 24.7 Å². The number of rotatable bonds is 28. The molecule has 0 spiro atoms. The molecule has 0 amide bonds. The minimum atomic E-state index is -4.52. The summed E-state index contributed by atoms with van der Waals surface area (Å²) >= 11 is 0. The molecule has 0 bridgehead atoms. The van der Waals surface area contributed by atoms with E-state index < -0.39 is 13.6 Å². The average Bonchev–Trinajstić information content (AvgIpc) is 3.02. The van der Waals surface area contributed by atoms with Gasteiger partial charge in [0.2, 0.25) is 0 Å². The Labute approximate surface area is 261 Å². The Bertz CT molecular complexity index is 963. The van der Waals surface area contributed by atoms with Gasteiger partial charge >= 0.3 is 0 Å². The number of phosphoric acid groups is 1. The van der Waals surface area contributed by atoms with Crippen LogP contribution in [0.1, 0.15) is 122 Å². The first-order chi connectivity index (χ1) is 20.9.